The molecule has 24 heavy (non-hydrogen) atoms. The van der Waals surface area contributed by atoms with Crippen LogP contribution >= 0.6 is 0 Å². The standard InChI is InChI=1S/C17H18F2N2O3/c1-21(11-12-6-8-14(9-7-12)24-16(18)19)17(22)20-13-4-3-5-15(10-13)23-2/h3-10,16H,11H2,1-2H3,(H,20,22). The molecule has 5 nitrogen and oxygen atoms in total. The number of ether oxygens (including phenoxy) is 2. The number of nitrogens with zero attached hydrogens (tertiary/aromatic N) is 1. The molecule has 0 spiro atoms. The molecule has 2 rings (SSSR count). The van der Waals surface area contributed by atoms with E-state index in [0.29, 0.717) is 18.0 Å². The predicted molar refractivity (Wildman–Crippen MR) is 86.6 cm³/mol. The molecular formula is C17H18F2N2O3. The largest absolute Gasteiger partial charge is 0.497 e. The summed E-state index contributed by atoms with van der Waals surface area (Å²) in [4.78, 5) is 13.7. The molecule has 0 heterocycles. The molecule has 0 saturated heterocycles. The number of hydrogen-bond donors (Lipinski definition) is 1. The lowest BCUT2D eigenvalue weighted by atomic mass is 10.2. The van der Waals surface area contributed by atoms with Crippen molar-refractivity contribution in [2.45, 2.75) is 13.2 Å². The number of anilines is 1. The first-order valence-electron chi connectivity index (χ1n) is 7.18. The van der Waals surface area contributed by atoms with E-state index in [9.17, 15) is 13.6 Å². The van der Waals surface area contributed by atoms with Crippen molar-refractivity contribution in [1.82, 2.24) is 4.90 Å². The summed E-state index contributed by atoms with van der Waals surface area (Å²) in [5.41, 5.74) is 1.41. The SMILES string of the molecule is COc1cccc(NC(=O)N(C)Cc2ccc(OC(F)F)cc2)c1. The Bertz CT molecular complexity index is 678. The number of benzene rings is 2. The molecule has 2 aromatic rings. The Morgan fingerprint density at radius 2 is 1.88 bits per heavy atom. The van der Waals surface area contributed by atoms with E-state index in [1.54, 1.807) is 50.6 Å². The highest BCUT2D eigenvalue weighted by atomic mass is 19.3. The van der Waals surface area contributed by atoms with Gasteiger partial charge in [-0.2, -0.15) is 8.78 Å². The number of hydrogen-bond acceptors (Lipinski definition) is 3. The molecule has 0 radical (unpaired) electrons. The van der Waals surface area contributed by atoms with Crippen molar-refractivity contribution >= 4 is 11.7 Å². The number of amides is 2. The molecule has 0 atom stereocenters. The summed E-state index contributed by atoms with van der Waals surface area (Å²) in [5, 5.41) is 2.76. The van der Waals surface area contributed by atoms with Gasteiger partial charge in [0.2, 0.25) is 0 Å². The quantitative estimate of drug-likeness (QED) is 0.869. The average molecular weight is 336 g/mol. The van der Waals surface area contributed by atoms with Crippen molar-refractivity contribution < 1.29 is 23.0 Å². The van der Waals surface area contributed by atoms with Gasteiger partial charge in [0.15, 0.2) is 0 Å². The van der Waals surface area contributed by atoms with E-state index in [2.05, 4.69) is 10.1 Å². The van der Waals surface area contributed by atoms with Crippen LogP contribution in [0, 0.1) is 0 Å². The van der Waals surface area contributed by atoms with Crippen molar-refractivity contribution in [1.29, 1.82) is 0 Å². The van der Waals surface area contributed by atoms with Crippen LogP contribution in [0.1, 0.15) is 5.56 Å². The van der Waals surface area contributed by atoms with Crippen LogP contribution < -0.4 is 14.8 Å². The topological polar surface area (TPSA) is 50.8 Å². The number of nitrogens with one attached hydrogen (secondary N) is 1. The maximum Gasteiger partial charge on any atom is 0.387 e. The van der Waals surface area contributed by atoms with E-state index < -0.39 is 6.61 Å². The Labute approximate surface area is 138 Å². The zero-order valence-corrected chi connectivity index (χ0v) is 13.3. The molecule has 0 aliphatic carbocycles. The number of rotatable bonds is 6. The van der Waals surface area contributed by atoms with Crippen molar-refractivity contribution in [2.75, 3.05) is 19.5 Å². The van der Waals surface area contributed by atoms with Gasteiger partial charge in [0.1, 0.15) is 11.5 Å². The van der Waals surface area contributed by atoms with Crippen LogP contribution in [0.2, 0.25) is 0 Å². The van der Waals surface area contributed by atoms with Crippen LogP contribution in [0.5, 0.6) is 11.5 Å². The third kappa shape index (κ3) is 5.12. The number of urea groups is 1. The van der Waals surface area contributed by atoms with E-state index in [-0.39, 0.29) is 11.8 Å². The van der Waals surface area contributed by atoms with Gasteiger partial charge < -0.3 is 19.7 Å². The Balaban J connectivity index is 1.93. The summed E-state index contributed by atoms with van der Waals surface area (Å²) in [7, 11) is 3.19. The molecule has 128 valence electrons. The first kappa shape index (κ1) is 17.5. The first-order valence-corrected chi connectivity index (χ1v) is 7.18. The van der Waals surface area contributed by atoms with Crippen LogP contribution in [0.25, 0.3) is 0 Å². The molecule has 2 amide bonds. The van der Waals surface area contributed by atoms with Gasteiger partial charge in [-0.1, -0.05) is 18.2 Å². The molecule has 0 aromatic heterocycles. The Hall–Kier alpha value is -2.83. The molecule has 0 aliphatic rings. The molecule has 0 bridgehead atoms. The Kier molecular flexibility index (Phi) is 5.95. The summed E-state index contributed by atoms with van der Waals surface area (Å²) in [6, 6.07) is 12.9. The van der Waals surface area contributed by atoms with E-state index in [1.165, 1.54) is 17.0 Å². The Morgan fingerprint density at radius 3 is 2.50 bits per heavy atom. The Morgan fingerprint density at radius 1 is 1.17 bits per heavy atom. The van der Waals surface area contributed by atoms with Gasteiger partial charge >= 0.3 is 12.6 Å². The lowest BCUT2D eigenvalue weighted by molar-refractivity contribution is -0.0498. The summed E-state index contributed by atoms with van der Waals surface area (Å²) < 4.78 is 33.6. The molecule has 7 heteroatoms. The predicted octanol–water partition coefficient (Wildman–Crippen LogP) is 3.96. The zero-order chi connectivity index (χ0) is 17.5. The smallest absolute Gasteiger partial charge is 0.387 e. The van der Waals surface area contributed by atoms with Crippen molar-refractivity contribution in [3.63, 3.8) is 0 Å². The third-order valence-corrected chi connectivity index (χ3v) is 3.24. The zero-order valence-electron chi connectivity index (χ0n) is 13.3. The minimum atomic E-state index is -2.85. The monoisotopic (exact) mass is 336 g/mol. The minimum Gasteiger partial charge on any atom is -0.497 e. The second-order valence-electron chi connectivity index (χ2n) is 5.04. The van der Waals surface area contributed by atoms with Gasteiger partial charge in [-0.05, 0) is 29.8 Å². The number of carbonyl (C=O) groups excluding carboxylic acids is 1. The van der Waals surface area contributed by atoms with Gasteiger partial charge in [0.05, 0.1) is 7.11 Å². The second-order valence-corrected chi connectivity index (χ2v) is 5.04. The van der Waals surface area contributed by atoms with Gasteiger partial charge in [-0.3, -0.25) is 0 Å². The van der Waals surface area contributed by atoms with Crippen LogP contribution in [0.4, 0.5) is 19.3 Å². The number of methoxy groups -OCH3 is 1. The van der Waals surface area contributed by atoms with Gasteiger partial charge in [0.25, 0.3) is 0 Å². The maximum atomic E-state index is 12.2. The normalized spacial score (nSPS) is 10.4. The summed E-state index contributed by atoms with van der Waals surface area (Å²) in [5.74, 6) is 0.724. The molecule has 0 saturated carbocycles. The molecule has 0 fully saturated rings. The molecule has 2 aromatic carbocycles. The summed E-state index contributed by atoms with van der Waals surface area (Å²) in [6.45, 7) is -2.53. The van der Waals surface area contributed by atoms with E-state index in [4.69, 9.17) is 4.74 Å². The molecule has 1 N–H and O–H groups in total. The van der Waals surface area contributed by atoms with Gasteiger partial charge in [-0.25, -0.2) is 4.79 Å². The van der Waals surface area contributed by atoms with Crippen molar-refractivity contribution in [3.8, 4) is 11.5 Å². The molecule has 0 aliphatic heterocycles. The molecular weight excluding hydrogens is 318 g/mol. The number of alkyl halides is 2. The summed E-state index contributed by atoms with van der Waals surface area (Å²) in [6.07, 6.45) is 0. The summed E-state index contributed by atoms with van der Waals surface area (Å²) >= 11 is 0. The van der Waals surface area contributed by atoms with Gasteiger partial charge in [-0.15, -0.1) is 0 Å². The lowest BCUT2D eigenvalue weighted by Gasteiger charge is -2.18. The average Bonchev–Trinajstić information content (AvgIpc) is 2.56. The highest BCUT2D eigenvalue weighted by molar-refractivity contribution is 5.89. The second kappa shape index (κ2) is 8.14. The van der Waals surface area contributed by atoms with Crippen molar-refractivity contribution in [3.05, 3.63) is 54.1 Å². The van der Waals surface area contributed by atoms with Crippen LogP contribution in [-0.4, -0.2) is 31.7 Å². The number of halogens is 2. The fraction of sp³-hybridized carbons (Fsp3) is 0.235. The van der Waals surface area contributed by atoms with E-state index in [1.807, 2.05) is 0 Å². The molecule has 0 unspecified atom stereocenters. The fourth-order valence-corrected chi connectivity index (χ4v) is 2.04. The van der Waals surface area contributed by atoms with Crippen molar-refractivity contribution in [2.24, 2.45) is 0 Å². The van der Waals surface area contributed by atoms with Crippen LogP contribution in [0.3, 0.4) is 0 Å². The number of carbonyl (C=O) groups is 1. The highest BCUT2D eigenvalue weighted by Crippen LogP contribution is 2.18. The van der Waals surface area contributed by atoms with E-state index >= 15 is 0 Å². The first-order chi connectivity index (χ1) is 11.5. The van der Waals surface area contributed by atoms with Gasteiger partial charge in [0, 0.05) is 25.3 Å². The van der Waals surface area contributed by atoms with Crippen LogP contribution in [-0.2, 0) is 6.54 Å². The third-order valence-electron chi connectivity index (χ3n) is 3.24. The maximum absolute atomic E-state index is 12.2. The van der Waals surface area contributed by atoms with Crippen LogP contribution in [0.15, 0.2) is 48.5 Å². The minimum absolute atomic E-state index is 0.0808. The fourth-order valence-electron chi connectivity index (χ4n) is 2.04. The highest BCUT2D eigenvalue weighted by Gasteiger charge is 2.10. The van der Waals surface area contributed by atoms with E-state index in [0.717, 1.165) is 5.56 Å². The lowest BCUT2D eigenvalue weighted by Crippen LogP contribution is -2.30.